The smallest absolute Gasteiger partial charge is 0.242 e. The first-order valence-corrected chi connectivity index (χ1v) is 11.1. The summed E-state index contributed by atoms with van der Waals surface area (Å²) in [5.74, 6) is 0.559. The van der Waals surface area contributed by atoms with Gasteiger partial charge in [-0.1, -0.05) is 30.0 Å². The third kappa shape index (κ3) is 4.67. The van der Waals surface area contributed by atoms with Gasteiger partial charge in [0.25, 0.3) is 0 Å². The number of amidine groups is 1. The van der Waals surface area contributed by atoms with Crippen LogP contribution in [0.2, 0.25) is 0 Å². The van der Waals surface area contributed by atoms with Crippen molar-refractivity contribution in [2.24, 2.45) is 4.99 Å². The van der Waals surface area contributed by atoms with Crippen LogP contribution in [0.3, 0.4) is 0 Å². The first kappa shape index (κ1) is 20.5. The minimum absolute atomic E-state index is 0.0170. The lowest BCUT2D eigenvalue weighted by molar-refractivity contribution is -0.128. The minimum Gasteiger partial charge on any atom is -0.494 e. The van der Waals surface area contributed by atoms with Gasteiger partial charge in [0.05, 0.1) is 12.3 Å². The number of thioether (sulfide) groups is 1. The molecule has 2 aromatic rings. The maximum absolute atomic E-state index is 13.0. The standard InChI is InChI=1S/C23H25N3O3S/c1-3-29-18-12-8-16(9-13-18)24-21(27)14-20-22(28)26(17-10-11-17)23(30-20)25-19-7-5-4-6-15(19)2/h4-9,12-13,17,20H,3,10-11,14H2,1-2H3,(H,24,27)/t20-/m1/s1. The van der Waals surface area contributed by atoms with E-state index in [2.05, 4.69) is 5.32 Å². The van der Waals surface area contributed by atoms with Crippen molar-refractivity contribution < 1.29 is 14.3 Å². The molecule has 2 amide bonds. The number of hydrogen-bond acceptors (Lipinski definition) is 5. The molecule has 1 heterocycles. The number of aryl methyl sites for hydroxylation is 1. The summed E-state index contributed by atoms with van der Waals surface area (Å²) in [6.45, 7) is 4.52. The van der Waals surface area contributed by atoms with Gasteiger partial charge < -0.3 is 10.1 Å². The van der Waals surface area contributed by atoms with E-state index in [1.165, 1.54) is 11.8 Å². The zero-order valence-electron chi connectivity index (χ0n) is 17.1. The summed E-state index contributed by atoms with van der Waals surface area (Å²) in [6.07, 6.45) is 2.10. The van der Waals surface area contributed by atoms with Crippen LogP contribution in [0.15, 0.2) is 53.5 Å². The minimum atomic E-state index is -0.448. The van der Waals surface area contributed by atoms with E-state index in [0.29, 0.717) is 17.5 Å². The predicted octanol–water partition coefficient (Wildman–Crippen LogP) is 4.52. The predicted molar refractivity (Wildman–Crippen MR) is 120 cm³/mol. The molecule has 0 unspecified atom stereocenters. The molecule has 2 aliphatic rings. The third-order valence-corrected chi connectivity index (χ3v) is 6.18. The van der Waals surface area contributed by atoms with Crippen LogP contribution in [0.1, 0.15) is 31.7 Å². The van der Waals surface area contributed by atoms with Crippen molar-refractivity contribution in [3.63, 3.8) is 0 Å². The summed E-state index contributed by atoms with van der Waals surface area (Å²) in [6, 6.07) is 15.3. The van der Waals surface area contributed by atoms with E-state index in [-0.39, 0.29) is 24.3 Å². The number of aliphatic imine (C=N–C) groups is 1. The number of amides is 2. The molecule has 156 valence electrons. The van der Waals surface area contributed by atoms with Crippen LogP contribution < -0.4 is 10.1 Å². The fourth-order valence-corrected chi connectivity index (χ4v) is 4.54. The molecule has 7 heteroatoms. The number of benzene rings is 2. The van der Waals surface area contributed by atoms with E-state index < -0.39 is 5.25 Å². The van der Waals surface area contributed by atoms with Crippen LogP contribution >= 0.6 is 11.8 Å². The highest BCUT2D eigenvalue weighted by Crippen LogP contribution is 2.39. The van der Waals surface area contributed by atoms with E-state index in [4.69, 9.17) is 9.73 Å². The monoisotopic (exact) mass is 423 g/mol. The van der Waals surface area contributed by atoms with Crippen molar-refractivity contribution in [3.05, 3.63) is 54.1 Å². The van der Waals surface area contributed by atoms with Crippen LogP contribution in [-0.4, -0.2) is 39.8 Å². The molecule has 1 saturated carbocycles. The highest BCUT2D eigenvalue weighted by atomic mass is 32.2. The molecular weight excluding hydrogens is 398 g/mol. The Balaban J connectivity index is 1.44. The molecule has 30 heavy (non-hydrogen) atoms. The molecule has 1 saturated heterocycles. The second-order valence-corrected chi connectivity index (χ2v) is 8.61. The highest BCUT2D eigenvalue weighted by molar-refractivity contribution is 8.15. The summed E-state index contributed by atoms with van der Waals surface area (Å²) < 4.78 is 5.42. The Morgan fingerprint density at radius 2 is 1.93 bits per heavy atom. The Labute approximate surface area is 180 Å². The Kier molecular flexibility index (Phi) is 6.08. The van der Waals surface area contributed by atoms with Gasteiger partial charge >= 0.3 is 0 Å². The topological polar surface area (TPSA) is 71.0 Å². The van der Waals surface area contributed by atoms with Gasteiger partial charge in [0.15, 0.2) is 5.17 Å². The molecule has 0 radical (unpaired) electrons. The Bertz CT molecular complexity index is 970. The number of rotatable bonds is 7. The van der Waals surface area contributed by atoms with E-state index in [1.54, 1.807) is 17.0 Å². The number of carbonyl (C=O) groups is 2. The number of hydrogen-bond donors (Lipinski definition) is 1. The zero-order valence-corrected chi connectivity index (χ0v) is 17.9. The second kappa shape index (κ2) is 8.92. The molecule has 0 aromatic heterocycles. The van der Waals surface area contributed by atoms with Crippen LogP contribution in [0.4, 0.5) is 11.4 Å². The van der Waals surface area contributed by atoms with Gasteiger partial charge in [-0.25, -0.2) is 4.99 Å². The lowest BCUT2D eigenvalue weighted by Crippen LogP contribution is -2.35. The molecule has 1 aliphatic heterocycles. The third-order valence-electron chi connectivity index (χ3n) is 5.03. The summed E-state index contributed by atoms with van der Waals surface area (Å²) in [5, 5.41) is 3.13. The maximum atomic E-state index is 13.0. The molecule has 2 fully saturated rings. The van der Waals surface area contributed by atoms with Crippen LogP contribution in [0.25, 0.3) is 0 Å². The van der Waals surface area contributed by atoms with Gasteiger partial charge in [0.1, 0.15) is 11.0 Å². The largest absolute Gasteiger partial charge is 0.494 e. The Morgan fingerprint density at radius 3 is 2.60 bits per heavy atom. The molecule has 1 N–H and O–H groups in total. The van der Waals surface area contributed by atoms with Crippen LogP contribution in [0, 0.1) is 6.92 Å². The summed E-state index contributed by atoms with van der Waals surface area (Å²) in [5.41, 5.74) is 2.61. The highest BCUT2D eigenvalue weighted by Gasteiger charge is 2.46. The number of carbonyl (C=O) groups excluding carboxylic acids is 2. The quantitative estimate of drug-likeness (QED) is 0.711. The lowest BCUT2D eigenvalue weighted by atomic mass is 10.2. The summed E-state index contributed by atoms with van der Waals surface area (Å²) in [7, 11) is 0. The Morgan fingerprint density at radius 1 is 1.20 bits per heavy atom. The van der Waals surface area contributed by atoms with Crippen molar-refractivity contribution in [1.29, 1.82) is 0 Å². The van der Waals surface area contributed by atoms with Gasteiger partial charge in [-0.3, -0.25) is 14.5 Å². The zero-order chi connectivity index (χ0) is 21.1. The summed E-state index contributed by atoms with van der Waals surface area (Å²) in [4.78, 5) is 32.1. The molecular formula is C23H25N3O3S. The number of para-hydroxylation sites is 1. The normalized spacial score (nSPS) is 19.9. The molecule has 2 aromatic carbocycles. The Hall–Kier alpha value is -2.80. The van der Waals surface area contributed by atoms with Gasteiger partial charge in [-0.2, -0.15) is 0 Å². The molecule has 1 atom stereocenters. The van der Waals surface area contributed by atoms with Gasteiger partial charge in [0, 0.05) is 18.2 Å². The van der Waals surface area contributed by atoms with Gasteiger partial charge in [-0.15, -0.1) is 0 Å². The number of anilines is 1. The number of nitrogens with zero attached hydrogens (tertiary/aromatic N) is 2. The van der Waals surface area contributed by atoms with E-state index in [1.807, 2.05) is 50.2 Å². The average Bonchev–Trinajstić information content (AvgIpc) is 3.51. The average molecular weight is 424 g/mol. The van der Waals surface area contributed by atoms with Crippen molar-refractivity contribution in [1.82, 2.24) is 4.90 Å². The fourth-order valence-electron chi connectivity index (χ4n) is 3.34. The lowest BCUT2D eigenvalue weighted by Gasteiger charge is -2.15. The van der Waals surface area contributed by atoms with Crippen molar-refractivity contribution in [3.8, 4) is 5.75 Å². The van der Waals surface area contributed by atoms with Gasteiger partial charge in [0.2, 0.25) is 11.8 Å². The molecule has 0 spiro atoms. The number of nitrogens with one attached hydrogen (secondary N) is 1. The molecule has 4 rings (SSSR count). The van der Waals surface area contributed by atoms with E-state index in [0.717, 1.165) is 29.8 Å². The fraction of sp³-hybridized carbons (Fsp3) is 0.348. The van der Waals surface area contributed by atoms with Gasteiger partial charge in [-0.05, 0) is 62.6 Å². The van der Waals surface area contributed by atoms with Crippen molar-refractivity contribution in [2.45, 2.75) is 44.4 Å². The first-order chi connectivity index (χ1) is 14.5. The van der Waals surface area contributed by atoms with E-state index >= 15 is 0 Å². The van der Waals surface area contributed by atoms with Crippen molar-refractivity contribution in [2.75, 3.05) is 11.9 Å². The second-order valence-electron chi connectivity index (χ2n) is 7.44. The molecule has 1 aliphatic carbocycles. The SMILES string of the molecule is CCOc1ccc(NC(=O)C[C@H]2SC(=Nc3ccccc3C)N(C3CC3)C2=O)cc1. The van der Waals surface area contributed by atoms with Crippen LogP contribution in [-0.2, 0) is 9.59 Å². The number of ether oxygens (including phenoxy) is 1. The van der Waals surface area contributed by atoms with E-state index in [9.17, 15) is 9.59 Å². The molecule has 6 nitrogen and oxygen atoms in total. The maximum Gasteiger partial charge on any atom is 0.242 e. The summed E-state index contributed by atoms with van der Waals surface area (Å²) >= 11 is 1.39. The first-order valence-electron chi connectivity index (χ1n) is 10.2. The van der Waals surface area contributed by atoms with Crippen LogP contribution in [0.5, 0.6) is 5.75 Å². The van der Waals surface area contributed by atoms with Crippen molar-refractivity contribution >= 4 is 40.1 Å². The molecule has 0 bridgehead atoms.